The number of esters is 1. The number of methoxy groups -OCH3 is 3. The van der Waals surface area contributed by atoms with Gasteiger partial charge in [-0.15, -0.1) is 0 Å². The third kappa shape index (κ3) is 6.70. The standard InChI is InChI=1S/C37H46O6/c1-24(2)33-20-7-25(3)21-35(33)43-36(38)34-22-26(34)23-42-37(27-8-14-30(39-4)15-9-27,28-10-16-31(40-5)17-11-28)29-12-18-32(41-6)19-13-29/h8-19,24-26,33-35H,7,20-23H2,1-6H3. The van der Waals surface area contributed by atoms with Crippen LogP contribution in [-0.4, -0.2) is 40.0 Å². The molecule has 2 aliphatic rings. The van der Waals surface area contributed by atoms with E-state index in [1.165, 1.54) is 6.42 Å². The summed E-state index contributed by atoms with van der Waals surface area (Å²) in [6.07, 6.45) is 4.08. The summed E-state index contributed by atoms with van der Waals surface area (Å²) in [5.74, 6) is 3.72. The molecule has 5 atom stereocenters. The molecule has 43 heavy (non-hydrogen) atoms. The van der Waals surface area contributed by atoms with Gasteiger partial charge in [0, 0.05) is 0 Å². The topological polar surface area (TPSA) is 63.2 Å². The van der Waals surface area contributed by atoms with Crippen LogP contribution in [0.3, 0.4) is 0 Å². The highest BCUT2D eigenvalue weighted by Crippen LogP contribution is 2.47. The molecule has 3 aromatic rings. The summed E-state index contributed by atoms with van der Waals surface area (Å²) >= 11 is 0. The fourth-order valence-corrected chi connectivity index (χ4v) is 6.67. The van der Waals surface area contributed by atoms with Crippen molar-refractivity contribution in [3.63, 3.8) is 0 Å². The lowest BCUT2D eigenvalue weighted by atomic mass is 9.75. The first-order valence-electron chi connectivity index (χ1n) is 15.6. The van der Waals surface area contributed by atoms with Gasteiger partial charge in [-0.2, -0.15) is 0 Å². The lowest BCUT2D eigenvalue weighted by molar-refractivity contribution is -0.158. The number of rotatable bonds is 12. The maximum Gasteiger partial charge on any atom is 0.309 e. The number of benzene rings is 3. The lowest BCUT2D eigenvalue weighted by Gasteiger charge is -2.37. The molecule has 0 aromatic heterocycles. The molecule has 0 spiro atoms. The fourth-order valence-electron chi connectivity index (χ4n) is 6.67. The molecule has 230 valence electrons. The summed E-state index contributed by atoms with van der Waals surface area (Å²) in [6.45, 7) is 7.17. The van der Waals surface area contributed by atoms with Crippen molar-refractivity contribution >= 4 is 5.97 Å². The Bertz CT molecular complexity index is 1220. The first kappa shape index (κ1) is 30.9. The van der Waals surface area contributed by atoms with Crippen LogP contribution in [0.1, 0.15) is 63.1 Å². The van der Waals surface area contributed by atoms with Crippen LogP contribution in [0.4, 0.5) is 0 Å². The Labute approximate surface area is 256 Å². The van der Waals surface area contributed by atoms with Gasteiger partial charge in [-0.25, -0.2) is 0 Å². The molecule has 6 heteroatoms. The van der Waals surface area contributed by atoms with E-state index in [9.17, 15) is 4.79 Å². The van der Waals surface area contributed by atoms with Crippen molar-refractivity contribution in [2.45, 2.75) is 58.2 Å². The molecular weight excluding hydrogens is 540 g/mol. The van der Waals surface area contributed by atoms with E-state index in [1.807, 2.05) is 72.8 Å². The van der Waals surface area contributed by atoms with Gasteiger partial charge in [-0.05, 0) is 96.0 Å². The van der Waals surface area contributed by atoms with Crippen LogP contribution in [0.25, 0.3) is 0 Å². The zero-order valence-corrected chi connectivity index (χ0v) is 26.4. The van der Waals surface area contributed by atoms with Crippen molar-refractivity contribution in [1.82, 2.24) is 0 Å². The minimum atomic E-state index is -0.941. The molecule has 0 N–H and O–H groups in total. The molecule has 0 heterocycles. The maximum atomic E-state index is 13.4. The average Bonchev–Trinajstić information content (AvgIpc) is 3.82. The van der Waals surface area contributed by atoms with Crippen molar-refractivity contribution in [3.8, 4) is 17.2 Å². The molecule has 0 radical (unpaired) electrons. The van der Waals surface area contributed by atoms with Crippen LogP contribution in [0.5, 0.6) is 17.2 Å². The summed E-state index contributed by atoms with van der Waals surface area (Å²) in [6, 6.07) is 24.0. The third-order valence-corrected chi connectivity index (χ3v) is 9.46. The highest BCUT2D eigenvalue weighted by molar-refractivity contribution is 5.76. The van der Waals surface area contributed by atoms with Crippen molar-refractivity contribution in [2.75, 3.05) is 27.9 Å². The van der Waals surface area contributed by atoms with Gasteiger partial charge in [0.1, 0.15) is 29.0 Å². The number of carbonyl (C=O) groups is 1. The molecule has 5 rings (SSSR count). The lowest BCUT2D eigenvalue weighted by Crippen LogP contribution is -2.36. The van der Waals surface area contributed by atoms with E-state index in [-0.39, 0.29) is 23.9 Å². The Morgan fingerprint density at radius 1 is 0.744 bits per heavy atom. The third-order valence-electron chi connectivity index (χ3n) is 9.46. The van der Waals surface area contributed by atoms with Crippen LogP contribution < -0.4 is 14.2 Å². The Kier molecular flexibility index (Phi) is 9.65. The quantitative estimate of drug-likeness (QED) is 0.160. The van der Waals surface area contributed by atoms with Crippen LogP contribution in [0, 0.1) is 29.6 Å². The second-order valence-electron chi connectivity index (χ2n) is 12.6. The molecule has 2 aliphatic carbocycles. The average molecular weight is 587 g/mol. The van der Waals surface area contributed by atoms with Gasteiger partial charge >= 0.3 is 5.97 Å². The Hall–Kier alpha value is -3.51. The second-order valence-corrected chi connectivity index (χ2v) is 12.6. The van der Waals surface area contributed by atoms with Gasteiger partial charge in [0.05, 0.1) is 33.9 Å². The van der Waals surface area contributed by atoms with Crippen molar-refractivity contribution in [1.29, 1.82) is 0 Å². The SMILES string of the molecule is COc1ccc(C(OCC2CC2C(=O)OC2CC(C)CCC2C(C)C)(c2ccc(OC)cc2)c2ccc(OC)cc2)cc1. The molecule has 0 aliphatic heterocycles. The number of carbonyl (C=O) groups excluding carboxylic acids is 1. The van der Waals surface area contributed by atoms with E-state index in [2.05, 4.69) is 20.8 Å². The minimum absolute atomic E-state index is 0.00964. The first-order chi connectivity index (χ1) is 20.8. The molecular formula is C37H46O6. The van der Waals surface area contributed by atoms with Gasteiger partial charge in [0.25, 0.3) is 0 Å². The fraction of sp³-hybridized carbons (Fsp3) is 0.486. The zero-order valence-electron chi connectivity index (χ0n) is 26.4. The molecule has 5 unspecified atom stereocenters. The van der Waals surface area contributed by atoms with Crippen LogP contribution in [0.2, 0.25) is 0 Å². The van der Waals surface area contributed by atoms with Crippen LogP contribution in [-0.2, 0) is 19.9 Å². The van der Waals surface area contributed by atoms with Crippen LogP contribution in [0.15, 0.2) is 72.8 Å². The van der Waals surface area contributed by atoms with Gasteiger partial charge < -0.3 is 23.7 Å². The highest BCUT2D eigenvalue weighted by Gasteiger charge is 2.48. The maximum absolute atomic E-state index is 13.4. The first-order valence-corrected chi connectivity index (χ1v) is 15.6. The van der Waals surface area contributed by atoms with E-state index in [1.54, 1.807) is 21.3 Å². The highest BCUT2D eigenvalue weighted by atomic mass is 16.5. The minimum Gasteiger partial charge on any atom is -0.497 e. The predicted molar refractivity (Wildman–Crippen MR) is 168 cm³/mol. The zero-order chi connectivity index (χ0) is 30.6. The van der Waals surface area contributed by atoms with Gasteiger partial charge in [-0.3, -0.25) is 4.79 Å². The van der Waals surface area contributed by atoms with E-state index in [4.69, 9.17) is 23.7 Å². The van der Waals surface area contributed by atoms with E-state index in [0.29, 0.717) is 24.4 Å². The van der Waals surface area contributed by atoms with Crippen LogP contribution >= 0.6 is 0 Å². The Balaban J connectivity index is 1.43. The largest absolute Gasteiger partial charge is 0.497 e. The molecule has 2 saturated carbocycles. The molecule has 0 amide bonds. The summed E-state index contributed by atoms with van der Waals surface area (Å²) in [5.41, 5.74) is 1.93. The van der Waals surface area contributed by atoms with Crippen molar-refractivity contribution in [2.24, 2.45) is 29.6 Å². The van der Waals surface area contributed by atoms with Crippen molar-refractivity contribution < 1.29 is 28.5 Å². The predicted octanol–water partition coefficient (Wildman–Crippen LogP) is 7.66. The monoisotopic (exact) mass is 586 g/mol. The summed E-state index contributed by atoms with van der Waals surface area (Å²) in [4.78, 5) is 13.4. The van der Waals surface area contributed by atoms with Gasteiger partial charge in [0.2, 0.25) is 0 Å². The summed E-state index contributed by atoms with van der Waals surface area (Å²) < 4.78 is 29.7. The second kappa shape index (κ2) is 13.4. The Morgan fingerprint density at radius 2 is 1.21 bits per heavy atom. The van der Waals surface area contributed by atoms with E-state index >= 15 is 0 Å². The smallest absolute Gasteiger partial charge is 0.309 e. The normalized spacial score (nSPS) is 23.5. The molecule has 0 saturated heterocycles. The summed E-state index contributed by atoms with van der Waals surface area (Å²) in [5, 5.41) is 0. The molecule has 3 aromatic carbocycles. The number of ether oxygens (including phenoxy) is 5. The van der Waals surface area contributed by atoms with E-state index in [0.717, 1.165) is 53.2 Å². The van der Waals surface area contributed by atoms with Gasteiger partial charge in [-0.1, -0.05) is 63.6 Å². The molecule has 0 bridgehead atoms. The van der Waals surface area contributed by atoms with E-state index < -0.39 is 5.60 Å². The molecule has 2 fully saturated rings. The number of hydrogen-bond acceptors (Lipinski definition) is 6. The van der Waals surface area contributed by atoms with Gasteiger partial charge in [0.15, 0.2) is 0 Å². The van der Waals surface area contributed by atoms with Crippen molar-refractivity contribution in [3.05, 3.63) is 89.5 Å². The Morgan fingerprint density at radius 3 is 1.63 bits per heavy atom. The number of hydrogen-bond donors (Lipinski definition) is 0. The summed E-state index contributed by atoms with van der Waals surface area (Å²) in [7, 11) is 4.99. The molecule has 6 nitrogen and oxygen atoms in total.